The van der Waals surface area contributed by atoms with Crippen LogP contribution in [0.2, 0.25) is 0 Å². The molecule has 0 aliphatic carbocycles. The first-order chi connectivity index (χ1) is 7.22. The summed E-state index contributed by atoms with van der Waals surface area (Å²) in [7, 11) is 0. The Morgan fingerprint density at radius 1 is 1.31 bits per heavy atom. The molecule has 1 aromatic carbocycles. The first kappa shape index (κ1) is 15.3. The van der Waals surface area contributed by atoms with E-state index < -0.39 is 0 Å². The Kier molecular flexibility index (Phi) is 8.12. The van der Waals surface area contributed by atoms with E-state index in [0.29, 0.717) is 0 Å². The molecule has 0 aromatic heterocycles. The van der Waals surface area contributed by atoms with E-state index in [2.05, 4.69) is 18.0 Å². The number of benzene rings is 1. The Labute approximate surface area is 108 Å². The second kappa shape index (κ2) is 8.48. The Morgan fingerprint density at radius 3 is 2.38 bits per heavy atom. The molecule has 0 unspecified atom stereocenters. The topological polar surface area (TPSA) is 38.4 Å². The van der Waals surface area contributed by atoms with Crippen molar-refractivity contribution in [1.82, 2.24) is 0 Å². The molecule has 0 fully saturated rings. The number of aliphatic imine (C=N–C) groups is 1. The summed E-state index contributed by atoms with van der Waals surface area (Å²) in [5.74, 6) is 1.27. The number of aryl methyl sites for hydroxylation is 1. The van der Waals surface area contributed by atoms with E-state index in [4.69, 9.17) is 5.73 Å². The lowest BCUT2D eigenvalue weighted by molar-refractivity contribution is 0.944. The zero-order valence-electron chi connectivity index (χ0n) is 9.77. The lowest BCUT2D eigenvalue weighted by Gasteiger charge is -2.00. The highest BCUT2D eigenvalue weighted by Gasteiger charge is 1.92. The molecule has 0 atom stereocenters. The van der Waals surface area contributed by atoms with Crippen molar-refractivity contribution >= 4 is 35.4 Å². The molecule has 0 amide bonds. The summed E-state index contributed by atoms with van der Waals surface area (Å²) in [6, 6.07) is 5.95. The molecule has 1 aromatic rings. The van der Waals surface area contributed by atoms with Crippen LogP contribution in [0.25, 0.3) is 0 Å². The molecule has 1 aliphatic heterocycles. The van der Waals surface area contributed by atoms with Crippen LogP contribution in [0.1, 0.15) is 17.5 Å². The van der Waals surface area contributed by atoms with Gasteiger partial charge in [0, 0.05) is 18.0 Å². The van der Waals surface area contributed by atoms with Gasteiger partial charge in [-0.15, -0.1) is 24.2 Å². The van der Waals surface area contributed by atoms with E-state index in [1.807, 2.05) is 24.6 Å². The zero-order chi connectivity index (χ0) is 11.1. The molecule has 0 bridgehead atoms. The molecule has 16 heavy (non-hydrogen) atoms. The smallest absolute Gasteiger partial charge is 0.0541 e. The monoisotopic (exact) mass is 258 g/mol. The van der Waals surface area contributed by atoms with E-state index in [0.717, 1.165) is 12.2 Å². The molecule has 0 radical (unpaired) electrons. The first-order valence-corrected chi connectivity index (χ1v) is 6.18. The maximum Gasteiger partial charge on any atom is 0.0541 e. The predicted octanol–water partition coefficient (Wildman–Crippen LogP) is 3.46. The van der Waals surface area contributed by atoms with Gasteiger partial charge in [0.2, 0.25) is 0 Å². The second-order valence-electron chi connectivity index (χ2n) is 3.53. The maximum absolute atomic E-state index is 5.62. The lowest BCUT2D eigenvalue weighted by Crippen LogP contribution is -1.90. The van der Waals surface area contributed by atoms with Crippen molar-refractivity contribution in [3.05, 3.63) is 29.3 Å². The molecule has 2 nitrogen and oxygen atoms in total. The standard InChI is InChI=1S/C8H11N.C4H7NS.ClH/c1-6-4-3-5-8(9)7(6)2;1-2-5-4-6-3-1;/h3-5H,9H2,1-2H3;4H,1-3H2;1H. The van der Waals surface area contributed by atoms with Crippen LogP contribution in [-0.2, 0) is 0 Å². The van der Waals surface area contributed by atoms with Crippen molar-refractivity contribution in [3.8, 4) is 0 Å². The van der Waals surface area contributed by atoms with Gasteiger partial charge in [-0.05, 0) is 37.5 Å². The number of hydrogen-bond donors (Lipinski definition) is 1. The van der Waals surface area contributed by atoms with Crippen molar-refractivity contribution in [1.29, 1.82) is 0 Å². The first-order valence-electron chi connectivity index (χ1n) is 5.13. The van der Waals surface area contributed by atoms with Crippen LogP contribution in [0, 0.1) is 13.8 Å². The van der Waals surface area contributed by atoms with Gasteiger partial charge in [0.15, 0.2) is 0 Å². The average Bonchev–Trinajstić information content (AvgIpc) is 2.29. The fourth-order valence-corrected chi connectivity index (χ4v) is 1.78. The molecule has 4 heteroatoms. The number of halogens is 1. The third kappa shape index (κ3) is 5.42. The van der Waals surface area contributed by atoms with Gasteiger partial charge in [-0.2, -0.15) is 0 Å². The summed E-state index contributed by atoms with van der Waals surface area (Å²) in [4.78, 5) is 4.02. The van der Waals surface area contributed by atoms with Crippen molar-refractivity contribution in [2.24, 2.45) is 4.99 Å². The SMILES string of the molecule is C1=NCCCS1.Cc1cccc(N)c1C.Cl. The number of nitrogens with two attached hydrogens (primary N) is 1. The number of rotatable bonds is 0. The normalized spacial score (nSPS) is 13.4. The van der Waals surface area contributed by atoms with Crippen molar-refractivity contribution in [3.63, 3.8) is 0 Å². The summed E-state index contributed by atoms with van der Waals surface area (Å²) in [6.07, 6.45) is 1.27. The van der Waals surface area contributed by atoms with E-state index in [1.54, 1.807) is 11.8 Å². The molecule has 2 N–H and O–H groups in total. The Hall–Kier alpha value is -0.670. The van der Waals surface area contributed by atoms with Gasteiger partial charge in [0.25, 0.3) is 0 Å². The molecule has 0 saturated carbocycles. The number of hydrogen-bond acceptors (Lipinski definition) is 3. The zero-order valence-corrected chi connectivity index (χ0v) is 11.4. The van der Waals surface area contributed by atoms with Gasteiger partial charge in [-0.25, -0.2) is 0 Å². The van der Waals surface area contributed by atoms with Crippen LogP contribution in [0.15, 0.2) is 23.2 Å². The molecule has 2 rings (SSSR count). The lowest BCUT2D eigenvalue weighted by atomic mass is 10.1. The Morgan fingerprint density at radius 2 is 2.06 bits per heavy atom. The summed E-state index contributed by atoms with van der Waals surface area (Å²) >= 11 is 1.80. The molecule has 0 spiro atoms. The van der Waals surface area contributed by atoms with Crippen LogP contribution >= 0.6 is 24.2 Å². The van der Waals surface area contributed by atoms with Crippen LogP contribution in [-0.4, -0.2) is 17.8 Å². The average molecular weight is 259 g/mol. The third-order valence-electron chi connectivity index (χ3n) is 2.35. The summed E-state index contributed by atoms with van der Waals surface area (Å²) in [6.45, 7) is 5.14. The number of nitrogens with zero attached hydrogens (tertiary/aromatic N) is 1. The molecular formula is C12H19ClN2S. The summed E-state index contributed by atoms with van der Waals surface area (Å²) in [5, 5.41) is 0. The number of thioether (sulfide) groups is 1. The van der Waals surface area contributed by atoms with Crippen LogP contribution < -0.4 is 5.73 Å². The predicted molar refractivity (Wildman–Crippen MR) is 78.0 cm³/mol. The van der Waals surface area contributed by atoms with Crippen molar-refractivity contribution in [2.75, 3.05) is 18.0 Å². The highest BCUT2D eigenvalue weighted by molar-refractivity contribution is 8.12. The van der Waals surface area contributed by atoms with Gasteiger partial charge in [0.05, 0.1) is 5.55 Å². The van der Waals surface area contributed by atoms with Crippen LogP contribution in [0.3, 0.4) is 0 Å². The highest BCUT2D eigenvalue weighted by Crippen LogP contribution is 2.13. The fourth-order valence-electron chi connectivity index (χ4n) is 1.17. The number of anilines is 1. The Bertz CT molecular complexity index is 312. The van der Waals surface area contributed by atoms with Crippen molar-refractivity contribution < 1.29 is 0 Å². The van der Waals surface area contributed by atoms with Crippen LogP contribution in [0.4, 0.5) is 5.69 Å². The molecule has 90 valence electrons. The summed E-state index contributed by atoms with van der Waals surface area (Å²) in [5.41, 5.74) is 10.9. The minimum Gasteiger partial charge on any atom is -0.399 e. The van der Waals surface area contributed by atoms with E-state index in [9.17, 15) is 0 Å². The largest absolute Gasteiger partial charge is 0.399 e. The summed E-state index contributed by atoms with van der Waals surface area (Å²) < 4.78 is 0. The fraction of sp³-hybridized carbons (Fsp3) is 0.417. The minimum atomic E-state index is 0. The van der Waals surface area contributed by atoms with Gasteiger partial charge >= 0.3 is 0 Å². The highest BCUT2D eigenvalue weighted by atomic mass is 35.5. The number of nitrogen functional groups attached to an aromatic ring is 1. The van der Waals surface area contributed by atoms with Gasteiger partial charge in [0.1, 0.15) is 0 Å². The molecule has 1 heterocycles. The minimum absolute atomic E-state index is 0. The molecule has 0 saturated heterocycles. The van der Waals surface area contributed by atoms with E-state index in [-0.39, 0.29) is 12.4 Å². The molecular weight excluding hydrogens is 240 g/mol. The van der Waals surface area contributed by atoms with Gasteiger partial charge < -0.3 is 5.73 Å². The van der Waals surface area contributed by atoms with E-state index >= 15 is 0 Å². The van der Waals surface area contributed by atoms with Crippen molar-refractivity contribution in [2.45, 2.75) is 20.3 Å². The third-order valence-corrected chi connectivity index (χ3v) is 3.17. The second-order valence-corrected chi connectivity index (χ2v) is 4.48. The maximum atomic E-state index is 5.62. The molecule has 1 aliphatic rings. The van der Waals surface area contributed by atoms with Crippen LogP contribution in [0.5, 0.6) is 0 Å². The van der Waals surface area contributed by atoms with Gasteiger partial charge in [-0.3, -0.25) is 4.99 Å². The van der Waals surface area contributed by atoms with E-state index in [1.165, 1.54) is 23.3 Å². The quantitative estimate of drug-likeness (QED) is 0.724. The van der Waals surface area contributed by atoms with Gasteiger partial charge in [-0.1, -0.05) is 12.1 Å². The Balaban J connectivity index is 0.000000283.